The lowest BCUT2D eigenvalue weighted by Gasteiger charge is -2.01. The molecule has 0 saturated carbocycles. The molecule has 2 rings (SSSR count). The van der Waals surface area contributed by atoms with Gasteiger partial charge in [-0.3, -0.25) is 14.8 Å². The number of hydrogen-bond acceptors (Lipinski definition) is 3. The maximum atomic E-state index is 11.9. The molecule has 0 amide bonds. The highest BCUT2D eigenvalue weighted by molar-refractivity contribution is 5.97. The van der Waals surface area contributed by atoms with Crippen LogP contribution in [0, 0.1) is 6.92 Å². The van der Waals surface area contributed by atoms with Gasteiger partial charge in [-0.15, -0.1) is 0 Å². The predicted octanol–water partition coefficient (Wildman–Crippen LogP) is 2.21. The summed E-state index contributed by atoms with van der Waals surface area (Å²) in [6.45, 7) is 1.92. The fourth-order valence-corrected chi connectivity index (χ4v) is 1.48. The monoisotopic (exact) mass is 212 g/mol. The molecule has 0 N–H and O–H groups in total. The maximum Gasteiger partial charge on any atom is 0.170 e. The van der Waals surface area contributed by atoms with Gasteiger partial charge in [0.2, 0.25) is 0 Å². The first-order valence-corrected chi connectivity index (χ1v) is 5.10. The van der Waals surface area contributed by atoms with Crippen LogP contribution in [-0.2, 0) is 6.42 Å². The average Bonchev–Trinajstić information content (AvgIpc) is 2.30. The summed E-state index contributed by atoms with van der Waals surface area (Å²) in [7, 11) is 0. The van der Waals surface area contributed by atoms with E-state index in [0.717, 1.165) is 11.3 Å². The minimum atomic E-state index is 0.0508. The van der Waals surface area contributed by atoms with Crippen LogP contribution in [0.5, 0.6) is 0 Å². The molecule has 0 fully saturated rings. The van der Waals surface area contributed by atoms with Crippen LogP contribution in [0.3, 0.4) is 0 Å². The SMILES string of the molecule is Cc1cncc(C(=O)Cc2ccccn2)c1. The van der Waals surface area contributed by atoms with Crippen molar-refractivity contribution in [3.8, 4) is 0 Å². The van der Waals surface area contributed by atoms with Gasteiger partial charge in [-0.05, 0) is 30.7 Å². The normalized spacial score (nSPS) is 10.1. The Morgan fingerprint density at radius 1 is 1.31 bits per heavy atom. The molecule has 0 aliphatic carbocycles. The Hall–Kier alpha value is -2.03. The van der Waals surface area contributed by atoms with Gasteiger partial charge in [-0.2, -0.15) is 0 Å². The highest BCUT2D eigenvalue weighted by Crippen LogP contribution is 2.06. The number of aromatic nitrogens is 2. The molecule has 3 nitrogen and oxygen atoms in total. The third-order valence-electron chi connectivity index (χ3n) is 2.26. The summed E-state index contributed by atoms with van der Waals surface area (Å²) in [5, 5.41) is 0. The number of aryl methyl sites for hydroxylation is 1. The summed E-state index contributed by atoms with van der Waals surface area (Å²) in [6.07, 6.45) is 5.35. The number of Topliss-reactive ketones (excluding diaryl/α,β-unsaturated/α-hetero) is 1. The van der Waals surface area contributed by atoms with Crippen LogP contribution in [0.25, 0.3) is 0 Å². The van der Waals surface area contributed by atoms with E-state index in [1.165, 1.54) is 0 Å². The van der Waals surface area contributed by atoms with E-state index in [4.69, 9.17) is 0 Å². The van der Waals surface area contributed by atoms with Crippen molar-refractivity contribution in [2.45, 2.75) is 13.3 Å². The summed E-state index contributed by atoms with van der Waals surface area (Å²) in [5.74, 6) is 0.0508. The molecule has 0 aromatic carbocycles. The van der Waals surface area contributed by atoms with Crippen LogP contribution < -0.4 is 0 Å². The molecule has 3 heteroatoms. The molecule has 0 bridgehead atoms. The topological polar surface area (TPSA) is 42.9 Å². The first-order chi connectivity index (χ1) is 7.75. The maximum absolute atomic E-state index is 11.9. The quantitative estimate of drug-likeness (QED) is 0.732. The molecule has 0 spiro atoms. The highest BCUT2D eigenvalue weighted by atomic mass is 16.1. The van der Waals surface area contributed by atoms with Gasteiger partial charge in [-0.25, -0.2) is 0 Å². The van der Waals surface area contributed by atoms with Crippen molar-refractivity contribution >= 4 is 5.78 Å². The fourth-order valence-electron chi connectivity index (χ4n) is 1.48. The molecule has 0 aliphatic heterocycles. The van der Waals surface area contributed by atoms with E-state index in [2.05, 4.69) is 9.97 Å². The number of carbonyl (C=O) groups is 1. The molecule has 0 saturated heterocycles. The lowest BCUT2D eigenvalue weighted by Crippen LogP contribution is -2.05. The van der Waals surface area contributed by atoms with Crippen molar-refractivity contribution in [2.24, 2.45) is 0 Å². The van der Waals surface area contributed by atoms with E-state index in [9.17, 15) is 4.79 Å². The second-order valence-corrected chi connectivity index (χ2v) is 3.67. The van der Waals surface area contributed by atoms with E-state index in [-0.39, 0.29) is 5.78 Å². The summed E-state index contributed by atoms with van der Waals surface area (Å²) in [5.41, 5.74) is 2.42. The van der Waals surface area contributed by atoms with E-state index in [1.807, 2.05) is 31.2 Å². The fraction of sp³-hybridized carbons (Fsp3) is 0.154. The minimum absolute atomic E-state index is 0.0508. The van der Waals surface area contributed by atoms with Crippen LogP contribution >= 0.6 is 0 Å². The third-order valence-corrected chi connectivity index (χ3v) is 2.26. The molecule has 2 aromatic heterocycles. The van der Waals surface area contributed by atoms with Gasteiger partial charge in [0.15, 0.2) is 5.78 Å². The first kappa shape index (κ1) is 10.5. The number of rotatable bonds is 3. The largest absolute Gasteiger partial charge is 0.294 e. The number of pyridine rings is 2. The van der Waals surface area contributed by atoms with Gasteiger partial charge in [-0.1, -0.05) is 6.07 Å². The Balaban J connectivity index is 2.15. The average molecular weight is 212 g/mol. The van der Waals surface area contributed by atoms with Crippen molar-refractivity contribution < 1.29 is 4.79 Å². The van der Waals surface area contributed by atoms with Crippen LogP contribution in [-0.4, -0.2) is 15.8 Å². The molecule has 0 radical (unpaired) electrons. The number of nitrogens with zero attached hydrogens (tertiary/aromatic N) is 2. The second-order valence-electron chi connectivity index (χ2n) is 3.67. The Morgan fingerprint density at radius 2 is 2.19 bits per heavy atom. The highest BCUT2D eigenvalue weighted by Gasteiger charge is 2.07. The van der Waals surface area contributed by atoms with Gasteiger partial charge in [0.05, 0.1) is 6.42 Å². The second kappa shape index (κ2) is 4.66. The third kappa shape index (κ3) is 2.51. The van der Waals surface area contributed by atoms with E-state index in [0.29, 0.717) is 12.0 Å². The van der Waals surface area contributed by atoms with Crippen molar-refractivity contribution in [2.75, 3.05) is 0 Å². The van der Waals surface area contributed by atoms with E-state index < -0.39 is 0 Å². The van der Waals surface area contributed by atoms with Gasteiger partial charge in [0.25, 0.3) is 0 Å². The first-order valence-electron chi connectivity index (χ1n) is 5.10. The van der Waals surface area contributed by atoms with E-state index >= 15 is 0 Å². The molecular formula is C13H12N2O. The standard InChI is InChI=1S/C13H12N2O/c1-10-6-11(9-14-8-10)13(16)7-12-4-2-3-5-15-12/h2-6,8-9H,7H2,1H3. The Kier molecular flexibility index (Phi) is 3.05. The molecule has 16 heavy (non-hydrogen) atoms. The lowest BCUT2D eigenvalue weighted by atomic mass is 10.1. The van der Waals surface area contributed by atoms with Crippen LogP contribution in [0.1, 0.15) is 21.6 Å². The van der Waals surface area contributed by atoms with Gasteiger partial charge >= 0.3 is 0 Å². The molecule has 80 valence electrons. The zero-order valence-electron chi connectivity index (χ0n) is 9.05. The zero-order chi connectivity index (χ0) is 11.4. The lowest BCUT2D eigenvalue weighted by molar-refractivity contribution is 0.0991. The molecule has 0 unspecified atom stereocenters. The number of carbonyl (C=O) groups excluding carboxylic acids is 1. The molecule has 0 aliphatic rings. The summed E-state index contributed by atoms with van der Waals surface area (Å²) >= 11 is 0. The van der Waals surface area contributed by atoms with Crippen LogP contribution in [0.15, 0.2) is 42.9 Å². The van der Waals surface area contributed by atoms with Crippen molar-refractivity contribution in [3.05, 3.63) is 59.7 Å². The summed E-state index contributed by atoms with van der Waals surface area (Å²) in [6, 6.07) is 7.41. The number of hydrogen-bond donors (Lipinski definition) is 0. The summed E-state index contributed by atoms with van der Waals surface area (Å²) < 4.78 is 0. The Bertz CT molecular complexity index is 494. The molecule has 2 heterocycles. The molecule has 2 aromatic rings. The zero-order valence-corrected chi connectivity index (χ0v) is 9.05. The van der Waals surface area contributed by atoms with E-state index in [1.54, 1.807) is 18.6 Å². The molecular weight excluding hydrogens is 200 g/mol. The number of ketones is 1. The Morgan fingerprint density at radius 3 is 2.88 bits per heavy atom. The van der Waals surface area contributed by atoms with Gasteiger partial charge in [0.1, 0.15) is 0 Å². The minimum Gasteiger partial charge on any atom is -0.294 e. The van der Waals surface area contributed by atoms with Crippen LogP contribution in [0.2, 0.25) is 0 Å². The van der Waals surface area contributed by atoms with Crippen molar-refractivity contribution in [1.82, 2.24) is 9.97 Å². The predicted molar refractivity (Wildman–Crippen MR) is 61.2 cm³/mol. The molecule has 0 atom stereocenters. The van der Waals surface area contributed by atoms with Gasteiger partial charge in [0, 0.05) is 29.8 Å². The van der Waals surface area contributed by atoms with Crippen LogP contribution in [0.4, 0.5) is 0 Å². The summed E-state index contributed by atoms with van der Waals surface area (Å²) in [4.78, 5) is 20.0. The van der Waals surface area contributed by atoms with Crippen molar-refractivity contribution in [1.29, 1.82) is 0 Å². The smallest absolute Gasteiger partial charge is 0.170 e. The van der Waals surface area contributed by atoms with Crippen molar-refractivity contribution in [3.63, 3.8) is 0 Å². The van der Waals surface area contributed by atoms with Gasteiger partial charge < -0.3 is 0 Å². The Labute approximate surface area is 94.2 Å².